The Morgan fingerprint density at radius 1 is 1.16 bits per heavy atom. The predicted molar refractivity (Wildman–Crippen MR) is 77.9 cm³/mol. The van der Waals surface area contributed by atoms with E-state index in [0.717, 1.165) is 11.3 Å². The number of ether oxygens (including phenoxy) is 1. The lowest BCUT2D eigenvalue weighted by molar-refractivity contribution is 0.0948. The lowest BCUT2D eigenvalue weighted by Gasteiger charge is -2.07. The molecule has 0 saturated carbocycles. The van der Waals surface area contributed by atoms with E-state index in [4.69, 9.17) is 4.74 Å². The molecule has 0 radical (unpaired) electrons. The quantitative estimate of drug-likeness (QED) is 0.841. The van der Waals surface area contributed by atoms with Crippen molar-refractivity contribution in [1.82, 2.24) is 5.32 Å². The number of hydrogen-bond donors (Lipinski definition) is 2. The zero-order valence-corrected chi connectivity index (χ0v) is 11.5. The van der Waals surface area contributed by atoms with Crippen LogP contribution in [0.2, 0.25) is 0 Å². The highest BCUT2D eigenvalue weighted by molar-refractivity contribution is 7.80. The average molecular weight is 273 g/mol. The van der Waals surface area contributed by atoms with Crippen molar-refractivity contribution in [2.45, 2.75) is 11.4 Å². The van der Waals surface area contributed by atoms with E-state index >= 15 is 0 Å². The lowest BCUT2D eigenvalue weighted by atomic mass is 10.2. The second-order valence-corrected chi connectivity index (χ2v) is 4.53. The molecule has 0 aliphatic carbocycles. The Balaban J connectivity index is 1.98. The van der Waals surface area contributed by atoms with Gasteiger partial charge in [0.15, 0.2) is 0 Å². The van der Waals surface area contributed by atoms with Gasteiger partial charge in [-0.25, -0.2) is 0 Å². The van der Waals surface area contributed by atoms with Crippen molar-refractivity contribution in [2.75, 3.05) is 7.11 Å². The van der Waals surface area contributed by atoms with E-state index in [9.17, 15) is 4.79 Å². The molecule has 2 rings (SSSR count). The monoisotopic (exact) mass is 273 g/mol. The molecule has 1 N–H and O–H groups in total. The Kier molecular flexibility index (Phi) is 4.47. The van der Waals surface area contributed by atoms with Gasteiger partial charge in [0.25, 0.3) is 5.91 Å². The zero-order valence-electron chi connectivity index (χ0n) is 10.6. The SMILES string of the molecule is COc1ccc(CNC(=O)c2ccccc2S)cc1. The zero-order chi connectivity index (χ0) is 13.7. The van der Waals surface area contributed by atoms with Crippen LogP contribution in [0, 0.1) is 0 Å². The standard InChI is InChI=1S/C15H15NO2S/c1-18-12-8-6-11(7-9-12)10-16-15(17)13-4-2-3-5-14(13)19/h2-9,19H,10H2,1H3,(H,16,17). The molecule has 0 unspecified atom stereocenters. The summed E-state index contributed by atoms with van der Waals surface area (Å²) in [5.74, 6) is 0.678. The summed E-state index contributed by atoms with van der Waals surface area (Å²) in [4.78, 5) is 12.7. The maximum absolute atomic E-state index is 12.0. The molecule has 0 spiro atoms. The summed E-state index contributed by atoms with van der Waals surface area (Å²) in [6.07, 6.45) is 0. The molecule has 19 heavy (non-hydrogen) atoms. The van der Waals surface area contributed by atoms with Gasteiger partial charge >= 0.3 is 0 Å². The molecule has 0 saturated heterocycles. The van der Waals surface area contributed by atoms with E-state index in [1.807, 2.05) is 36.4 Å². The van der Waals surface area contributed by atoms with Crippen LogP contribution < -0.4 is 10.1 Å². The van der Waals surface area contributed by atoms with E-state index in [1.165, 1.54) is 0 Å². The molecule has 0 aliphatic heterocycles. The van der Waals surface area contributed by atoms with Crippen LogP contribution in [0.5, 0.6) is 5.75 Å². The first kappa shape index (κ1) is 13.5. The maximum atomic E-state index is 12.0. The minimum absolute atomic E-state index is 0.124. The van der Waals surface area contributed by atoms with Crippen molar-refractivity contribution < 1.29 is 9.53 Å². The van der Waals surface area contributed by atoms with Crippen molar-refractivity contribution in [3.05, 3.63) is 59.7 Å². The van der Waals surface area contributed by atoms with Crippen LogP contribution in [0.15, 0.2) is 53.4 Å². The van der Waals surface area contributed by atoms with Crippen LogP contribution in [0.25, 0.3) is 0 Å². The van der Waals surface area contributed by atoms with E-state index in [2.05, 4.69) is 17.9 Å². The number of benzene rings is 2. The predicted octanol–water partition coefficient (Wildman–Crippen LogP) is 2.91. The third kappa shape index (κ3) is 3.51. The lowest BCUT2D eigenvalue weighted by Crippen LogP contribution is -2.23. The Morgan fingerprint density at radius 2 is 1.84 bits per heavy atom. The van der Waals surface area contributed by atoms with Crippen molar-refractivity contribution in [3.8, 4) is 5.75 Å². The summed E-state index contributed by atoms with van der Waals surface area (Å²) in [6, 6.07) is 14.8. The molecule has 2 aromatic rings. The third-order valence-corrected chi connectivity index (χ3v) is 3.15. The van der Waals surface area contributed by atoms with E-state index < -0.39 is 0 Å². The first-order valence-electron chi connectivity index (χ1n) is 5.90. The topological polar surface area (TPSA) is 38.3 Å². The number of hydrogen-bond acceptors (Lipinski definition) is 3. The van der Waals surface area contributed by atoms with Gasteiger partial charge in [0.1, 0.15) is 5.75 Å². The first-order chi connectivity index (χ1) is 9.20. The summed E-state index contributed by atoms with van der Waals surface area (Å²) in [7, 11) is 1.63. The van der Waals surface area contributed by atoms with Crippen LogP contribution in [-0.2, 0) is 6.54 Å². The van der Waals surface area contributed by atoms with E-state index in [-0.39, 0.29) is 5.91 Å². The number of nitrogens with one attached hydrogen (secondary N) is 1. The molecular formula is C15H15NO2S. The van der Waals surface area contributed by atoms with Crippen LogP contribution in [0.4, 0.5) is 0 Å². The number of thiol groups is 1. The summed E-state index contributed by atoms with van der Waals surface area (Å²) in [5, 5.41) is 2.86. The normalized spacial score (nSPS) is 10.0. The Hall–Kier alpha value is -1.94. The second-order valence-electron chi connectivity index (χ2n) is 4.05. The molecule has 2 aromatic carbocycles. The van der Waals surface area contributed by atoms with E-state index in [0.29, 0.717) is 17.0 Å². The van der Waals surface area contributed by atoms with Crippen LogP contribution in [-0.4, -0.2) is 13.0 Å². The summed E-state index contributed by atoms with van der Waals surface area (Å²) in [6.45, 7) is 0.477. The van der Waals surface area contributed by atoms with Crippen LogP contribution in [0.1, 0.15) is 15.9 Å². The molecule has 0 atom stereocenters. The highest BCUT2D eigenvalue weighted by atomic mass is 32.1. The van der Waals surface area contributed by atoms with E-state index in [1.54, 1.807) is 19.2 Å². The number of amides is 1. The fraction of sp³-hybridized carbons (Fsp3) is 0.133. The molecule has 1 amide bonds. The molecular weight excluding hydrogens is 258 g/mol. The first-order valence-corrected chi connectivity index (χ1v) is 6.34. The van der Waals surface area contributed by atoms with Crippen molar-refractivity contribution in [1.29, 1.82) is 0 Å². The van der Waals surface area contributed by atoms with Crippen molar-refractivity contribution in [3.63, 3.8) is 0 Å². The van der Waals surface area contributed by atoms with Gasteiger partial charge in [-0.15, -0.1) is 12.6 Å². The second kappa shape index (κ2) is 6.29. The minimum Gasteiger partial charge on any atom is -0.497 e. The summed E-state index contributed by atoms with van der Waals surface area (Å²) >= 11 is 4.27. The summed E-state index contributed by atoms with van der Waals surface area (Å²) < 4.78 is 5.08. The Labute approximate surface area is 118 Å². The third-order valence-electron chi connectivity index (χ3n) is 2.76. The fourth-order valence-corrected chi connectivity index (χ4v) is 1.95. The van der Waals surface area contributed by atoms with Gasteiger partial charge in [-0.1, -0.05) is 24.3 Å². The molecule has 0 aromatic heterocycles. The molecule has 0 heterocycles. The molecule has 98 valence electrons. The van der Waals surface area contributed by atoms with Crippen molar-refractivity contribution >= 4 is 18.5 Å². The van der Waals surface area contributed by atoms with Gasteiger partial charge in [-0.05, 0) is 29.8 Å². The minimum atomic E-state index is -0.124. The maximum Gasteiger partial charge on any atom is 0.252 e. The Bertz CT molecular complexity index is 567. The van der Waals surface area contributed by atoms with Gasteiger partial charge in [-0.2, -0.15) is 0 Å². The Morgan fingerprint density at radius 3 is 2.47 bits per heavy atom. The highest BCUT2D eigenvalue weighted by Crippen LogP contribution is 2.14. The van der Waals surface area contributed by atoms with Gasteiger partial charge < -0.3 is 10.1 Å². The molecule has 3 nitrogen and oxygen atoms in total. The summed E-state index contributed by atoms with van der Waals surface area (Å²) in [5.41, 5.74) is 1.60. The van der Waals surface area contributed by atoms with Gasteiger partial charge in [-0.3, -0.25) is 4.79 Å². The fourth-order valence-electron chi connectivity index (χ4n) is 1.69. The van der Waals surface area contributed by atoms with Crippen LogP contribution in [0.3, 0.4) is 0 Å². The largest absolute Gasteiger partial charge is 0.497 e. The highest BCUT2D eigenvalue weighted by Gasteiger charge is 2.07. The van der Waals surface area contributed by atoms with Gasteiger partial charge in [0.2, 0.25) is 0 Å². The number of carbonyl (C=O) groups excluding carboxylic acids is 1. The van der Waals surface area contributed by atoms with Gasteiger partial charge in [0.05, 0.1) is 12.7 Å². The molecule has 0 bridgehead atoms. The van der Waals surface area contributed by atoms with Gasteiger partial charge in [0, 0.05) is 11.4 Å². The average Bonchev–Trinajstić information content (AvgIpc) is 2.46. The number of carbonyl (C=O) groups is 1. The van der Waals surface area contributed by atoms with Crippen molar-refractivity contribution in [2.24, 2.45) is 0 Å². The molecule has 0 aliphatic rings. The smallest absolute Gasteiger partial charge is 0.252 e. The van der Waals surface area contributed by atoms with Crippen LogP contribution >= 0.6 is 12.6 Å². The number of rotatable bonds is 4. The number of methoxy groups -OCH3 is 1. The molecule has 4 heteroatoms. The molecule has 0 fully saturated rings.